The van der Waals surface area contributed by atoms with E-state index in [-0.39, 0.29) is 6.01 Å². The summed E-state index contributed by atoms with van der Waals surface area (Å²) in [7, 11) is 0. The van der Waals surface area contributed by atoms with E-state index < -0.39 is 0 Å². The number of furan rings is 1. The van der Waals surface area contributed by atoms with Crippen LogP contribution in [-0.2, 0) is 6.42 Å². The van der Waals surface area contributed by atoms with Crippen LogP contribution in [0.5, 0.6) is 0 Å². The van der Waals surface area contributed by atoms with Gasteiger partial charge in [0.15, 0.2) is 0 Å². The highest BCUT2D eigenvalue weighted by Gasteiger charge is 2.12. The van der Waals surface area contributed by atoms with Gasteiger partial charge in [0.1, 0.15) is 5.58 Å². The van der Waals surface area contributed by atoms with Gasteiger partial charge >= 0.3 is 6.01 Å². The first-order chi connectivity index (χ1) is 11.2. The maximum absolute atomic E-state index is 6.30. The van der Waals surface area contributed by atoms with Gasteiger partial charge in [-0.15, -0.1) is 5.10 Å². The van der Waals surface area contributed by atoms with Crippen molar-refractivity contribution in [2.45, 2.75) is 6.42 Å². The number of nitrogens with two attached hydrogens (primary N) is 1. The van der Waals surface area contributed by atoms with Crippen molar-refractivity contribution >= 4 is 28.6 Å². The van der Waals surface area contributed by atoms with Crippen LogP contribution in [-0.4, -0.2) is 10.2 Å². The highest BCUT2D eigenvalue weighted by atomic mass is 35.5. The third kappa shape index (κ3) is 2.55. The van der Waals surface area contributed by atoms with Gasteiger partial charge in [0.25, 0.3) is 0 Å². The zero-order valence-corrected chi connectivity index (χ0v) is 12.7. The molecule has 6 heteroatoms. The van der Waals surface area contributed by atoms with Crippen molar-refractivity contribution in [2.24, 2.45) is 0 Å². The first-order valence-corrected chi connectivity index (χ1v) is 7.41. The van der Waals surface area contributed by atoms with Crippen molar-refractivity contribution in [2.75, 3.05) is 5.73 Å². The van der Waals surface area contributed by atoms with Gasteiger partial charge in [-0.25, -0.2) is 0 Å². The Bertz CT molecular complexity index is 990. The van der Waals surface area contributed by atoms with Gasteiger partial charge in [0.2, 0.25) is 5.89 Å². The predicted octanol–water partition coefficient (Wildman–Crippen LogP) is 4.31. The SMILES string of the molecule is Nc1nnc(Cc2ccc3occ(-c4ccccc4Cl)c3c2)o1. The molecule has 114 valence electrons. The van der Waals surface area contributed by atoms with Crippen molar-refractivity contribution in [1.82, 2.24) is 10.2 Å². The minimum atomic E-state index is 0.0705. The average Bonchev–Trinajstić information content (AvgIpc) is 3.14. The lowest BCUT2D eigenvalue weighted by Gasteiger charge is -2.03. The van der Waals surface area contributed by atoms with E-state index in [4.69, 9.17) is 26.2 Å². The number of benzene rings is 2. The van der Waals surface area contributed by atoms with E-state index in [1.165, 1.54) is 0 Å². The van der Waals surface area contributed by atoms with Crippen LogP contribution in [0.25, 0.3) is 22.1 Å². The molecule has 0 aliphatic heterocycles. The summed E-state index contributed by atoms with van der Waals surface area (Å²) in [5.41, 5.74) is 9.17. The fourth-order valence-electron chi connectivity index (χ4n) is 2.59. The zero-order chi connectivity index (χ0) is 15.8. The van der Waals surface area contributed by atoms with Crippen LogP contribution in [0, 0.1) is 0 Å². The summed E-state index contributed by atoms with van der Waals surface area (Å²) < 4.78 is 10.9. The van der Waals surface area contributed by atoms with E-state index in [0.29, 0.717) is 17.3 Å². The molecule has 0 aliphatic rings. The smallest absolute Gasteiger partial charge is 0.312 e. The van der Waals surface area contributed by atoms with Crippen LogP contribution < -0.4 is 5.73 Å². The first-order valence-electron chi connectivity index (χ1n) is 7.03. The second kappa shape index (κ2) is 5.44. The molecule has 0 spiro atoms. The van der Waals surface area contributed by atoms with Gasteiger partial charge in [-0.1, -0.05) is 41.0 Å². The lowest BCUT2D eigenvalue weighted by atomic mass is 10.0. The van der Waals surface area contributed by atoms with E-state index in [1.54, 1.807) is 6.26 Å². The minimum absolute atomic E-state index is 0.0705. The Balaban J connectivity index is 1.79. The zero-order valence-electron chi connectivity index (χ0n) is 12.0. The van der Waals surface area contributed by atoms with Gasteiger partial charge in [0, 0.05) is 21.5 Å². The number of fused-ring (bicyclic) bond motifs is 1. The summed E-state index contributed by atoms with van der Waals surface area (Å²) in [4.78, 5) is 0. The number of rotatable bonds is 3. The second-order valence-electron chi connectivity index (χ2n) is 5.17. The third-order valence-corrected chi connectivity index (χ3v) is 3.97. The standard InChI is InChI=1S/C17H12ClN3O2/c18-14-4-2-1-3-11(14)13-9-22-15-6-5-10(7-12(13)15)8-16-20-21-17(19)23-16/h1-7,9H,8H2,(H2,19,21). The Morgan fingerprint density at radius 1 is 1.04 bits per heavy atom. The molecule has 23 heavy (non-hydrogen) atoms. The summed E-state index contributed by atoms with van der Waals surface area (Å²) in [6.45, 7) is 0. The maximum Gasteiger partial charge on any atom is 0.312 e. The normalized spacial score (nSPS) is 11.2. The van der Waals surface area contributed by atoms with Crippen molar-refractivity contribution in [3.05, 3.63) is 65.2 Å². The van der Waals surface area contributed by atoms with Gasteiger partial charge < -0.3 is 14.6 Å². The highest BCUT2D eigenvalue weighted by molar-refractivity contribution is 6.33. The molecule has 0 atom stereocenters. The number of nitrogens with zero attached hydrogens (tertiary/aromatic N) is 2. The van der Waals surface area contributed by atoms with Crippen LogP contribution in [0.3, 0.4) is 0 Å². The first kappa shape index (κ1) is 13.8. The lowest BCUT2D eigenvalue weighted by molar-refractivity contribution is 0.522. The van der Waals surface area contributed by atoms with Crippen molar-refractivity contribution in [3.63, 3.8) is 0 Å². The van der Waals surface area contributed by atoms with Crippen molar-refractivity contribution in [3.8, 4) is 11.1 Å². The Labute approximate surface area is 136 Å². The summed E-state index contributed by atoms with van der Waals surface area (Å²) in [6, 6.07) is 13.7. The lowest BCUT2D eigenvalue weighted by Crippen LogP contribution is -1.88. The van der Waals surface area contributed by atoms with Crippen LogP contribution in [0.4, 0.5) is 6.01 Å². The minimum Gasteiger partial charge on any atom is -0.464 e. The molecule has 0 fully saturated rings. The van der Waals surface area contributed by atoms with E-state index in [0.717, 1.165) is 27.7 Å². The topological polar surface area (TPSA) is 78.1 Å². The fourth-order valence-corrected chi connectivity index (χ4v) is 2.82. The predicted molar refractivity (Wildman–Crippen MR) is 88.2 cm³/mol. The quantitative estimate of drug-likeness (QED) is 0.607. The Morgan fingerprint density at radius 2 is 1.91 bits per heavy atom. The molecule has 0 amide bonds. The Kier molecular flexibility index (Phi) is 3.28. The molecule has 0 saturated heterocycles. The highest BCUT2D eigenvalue weighted by Crippen LogP contribution is 2.35. The summed E-state index contributed by atoms with van der Waals surface area (Å²) in [6.07, 6.45) is 2.23. The van der Waals surface area contributed by atoms with Gasteiger partial charge in [0.05, 0.1) is 12.7 Å². The number of anilines is 1. The molecule has 0 radical (unpaired) electrons. The molecule has 2 aromatic carbocycles. The molecular formula is C17H12ClN3O2. The number of hydrogen-bond donors (Lipinski definition) is 1. The van der Waals surface area contributed by atoms with Crippen molar-refractivity contribution < 1.29 is 8.83 Å². The van der Waals surface area contributed by atoms with E-state index in [2.05, 4.69) is 10.2 Å². The van der Waals surface area contributed by atoms with Gasteiger partial charge in [-0.2, -0.15) is 0 Å². The Hall–Kier alpha value is -2.79. The van der Waals surface area contributed by atoms with Crippen LogP contribution in [0.2, 0.25) is 5.02 Å². The molecule has 2 aromatic heterocycles. The molecule has 4 aromatic rings. The average molecular weight is 326 g/mol. The molecule has 0 saturated carbocycles. The molecule has 0 bridgehead atoms. The fraction of sp³-hybridized carbons (Fsp3) is 0.0588. The van der Waals surface area contributed by atoms with E-state index >= 15 is 0 Å². The number of aromatic nitrogens is 2. The summed E-state index contributed by atoms with van der Waals surface area (Å²) in [5.74, 6) is 0.477. The number of halogens is 1. The molecule has 5 nitrogen and oxygen atoms in total. The van der Waals surface area contributed by atoms with Crippen LogP contribution in [0.1, 0.15) is 11.5 Å². The summed E-state index contributed by atoms with van der Waals surface area (Å²) in [5, 5.41) is 9.23. The largest absolute Gasteiger partial charge is 0.464 e. The Morgan fingerprint density at radius 3 is 2.70 bits per heavy atom. The monoisotopic (exact) mass is 325 g/mol. The van der Waals surface area contributed by atoms with Gasteiger partial charge in [-0.3, -0.25) is 0 Å². The molecule has 0 unspecified atom stereocenters. The number of hydrogen-bond acceptors (Lipinski definition) is 5. The molecule has 2 heterocycles. The molecule has 0 aliphatic carbocycles. The van der Waals surface area contributed by atoms with Gasteiger partial charge in [-0.05, 0) is 23.8 Å². The summed E-state index contributed by atoms with van der Waals surface area (Å²) >= 11 is 6.30. The van der Waals surface area contributed by atoms with E-state index in [1.807, 2.05) is 42.5 Å². The third-order valence-electron chi connectivity index (χ3n) is 3.64. The molecule has 2 N–H and O–H groups in total. The van der Waals surface area contributed by atoms with E-state index in [9.17, 15) is 0 Å². The van der Waals surface area contributed by atoms with Crippen LogP contribution >= 0.6 is 11.6 Å². The second-order valence-corrected chi connectivity index (χ2v) is 5.58. The molecule has 4 rings (SSSR count). The number of nitrogen functional groups attached to an aromatic ring is 1. The van der Waals surface area contributed by atoms with Crippen LogP contribution in [0.15, 0.2) is 57.6 Å². The molecular weight excluding hydrogens is 314 g/mol. The maximum atomic E-state index is 6.30. The van der Waals surface area contributed by atoms with Crippen molar-refractivity contribution in [1.29, 1.82) is 0 Å².